The summed E-state index contributed by atoms with van der Waals surface area (Å²) in [6.07, 6.45) is 1.05. The molecule has 21 heteroatoms. The third kappa shape index (κ3) is 12.6. The molecule has 0 spiro atoms. The van der Waals surface area contributed by atoms with Gasteiger partial charge in [-0.1, -0.05) is 70.8 Å². The zero-order valence-corrected chi connectivity index (χ0v) is 40.5. The van der Waals surface area contributed by atoms with Crippen molar-refractivity contribution in [1.82, 2.24) is 15.3 Å². The van der Waals surface area contributed by atoms with Gasteiger partial charge < -0.3 is 43.4 Å². The minimum atomic E-state index is -1.86. The molecule has 4 aliphatic heterocycles. The number of amides is 5. The van der Waals surface area contributed by atoms with Crippen LogP contribution in [0.1, 0.15) is 85.1 Å². The number of nitrogens with one attached hydrogen (secondary N) is 1. The maximum atomic E-state index is 14.3. The van der Waals surface area contributed by atoms with Crippen LogP contribution >= 0.6 is 33.2 Å². The van der Waals surface area contributed by atoms with E-state index in [1.54, 1.807) is 45.2 Å². The fraction of sp³-hybridized carbons (Fsp3) is 0.614. The molecule has 18 nitrogen and oxygen atoms in total. The number of alkyl carbamates (subject to hydrolysis) is 1. The van der Waals surface area contributed by atoms with Crippen molar-refractivity contribution in [3.63, 3.8) is 0 Å². The highest BCUT2D eigenvalue weighted by molar-refractivity contribution is 8.76. The molecule has 4 bridgehead atoms. The predicted molar refractivity (Wildman–Crippen MR) is 241 cm³/mol. The Kier molecular flexibility index (Phi) is 17.5. The van der Waals surface area contributed by atoms with Gasteiger partial charge in [0.25, 0.3) is 11.8 Å². The Hall–Kier alpha value is -4.34. The van der Waals surface area contributed by atoms with Crippen LogP contribution in [0.5, 0.6) is 5.75 Å². The fourth-order valence-electron chi connectivity index (χ4n) is 7.86. The van der Waals surface area contributed by atoms with Crippen LogP contribution in [0.4, 0.5) is 10.5 Å². The summed E-state index contributed by atoms with van der Waals surface area (Å²) in [4.78, 5) is 97.7. The highest BCUT2D eigenvalue weighted by atomic mass is 35.5. The molecule has 1 aromatic carbocycles. The van der Waals surface area contributed by atoms with Crippen LogP contribution in [-0.2, 0) is 59.0 Å². The van der Waals surface area contributed by atoms with E-state index in [0.29, 0.717) is 35.1 Å². The molecule has 3 fully saturated rings. The summed E-state index contributed by atoms with van der Waals surface area (Å²) >= 11 is 6.79. The van der Waals surface area contributed by atoms with Gasteiger partial charge in [-0.15, -0.1) is 5.06 Å². The number of fused-ring (bicyclic) bond motifs is 5. The summed E-state index contributed by atoms with van der Waals surface area (Å²) in [5.74, 6) is -3.22. The van der Waals surface area contributed by atoms with Gasteiger partial charge in [0, 0.05) is 70.2 Å². The van der Waals surface area contributed by atoms with Crippen molar-refractivity contribution in [2.24, 2.45) is 5.92 Å². The van der Waals surface area contributed by atoms with Gasteiger partial charge >= 0.3 is 18.0 Å². The van der Waals surface area contributed by atoms with E-state index < -0.39 is 83.5 Å². The summed E-state index contributed by atoms with van der Waals surface area (Å²) in [7, 11) is 8.79. The van der Waals surface area contributed by atoms with Gasteiger partial charge in [0.05, 0.1) is 25.3 Å². The minimum absolute atomic E-state index is 0.00554. The van der Waals surface area contributed by atoms with Crippen LogP contribution in [0, 0.1) is 5.92 Å². The van der Waals surface area contributed by atoms with Crippen molar-refractivity contribution < 1.29 is 67.2 Å². The van der Waals surface area contributed by atoms with Gasteiger partial charge in [0.15, 0.2) is 5.72 Å². The Balaban J connectivity index is 1.29. The lowest BCUT2D eigenvalue weighted by atomic mass is 9.83. The number of benzene rings is 1. The number of anilines is 1. The number of nitrogens with zero attached hydrogens (tertiary/aromatic N) is 3. The van der Waals surface area contributed by atoms with E-state index in [1.807, 2.05) is 19.9 Å². The summed E-state index contributed by atoms with van der Waals surface area (Å²) < 4.78 is 29.3. The summed E-state index contributed by atoms with van der Waals surface area (Å²) in [6.45, 7) is 8.79. The van der Waals surface area contributed by atoms with E-state index in [9.17, 15) is 38.7 Å². The molecule has 4 aliphatic rings. The monoisotopic (exact) mass is 966 g/mol. The predicted octanol–water partition coefficient (Wildman–Crippen LogP) is 5.06. The molecule has 65 heavy (non-hydrogen) atoms. The number of carbonyl (C=O) groups excluding carboxylic acids is 7. The van der Waals surface area contributed by atoms with Gasteiger partial charge in [-0.2, -0.15) is 0 Å². The van der Waals surface area contributed by atoms with E-state index in [-0.39, 0.29) is 54.7 Å². The van der Waals surface area contributed by atoms with E-state index >= 15 is 0 Å². The zero-order chi connectivity index (χ0) is 48.0. The van der Waals surface area contributed by atoms with Gasteiger partial charge in [-0.05, 0) is 51.3 Å². The highest BCUT2D eigenvalue weighted by Crippen LogP contribution is 2.49. The van der Waals surface area contributed by atoms with Gasteiger partial charge in [-0.25, -0.2) is 14.4 Å². The Morgan fingerprint density at radius 3 is 2.45 bits per heavy atom. The molecular weight excluding hydrogens is 908 g/mol. The average molecular weight is 968 g/mol. The lowest BCUT2D eigenvalue weighted by molar-refractivity contribution is -0.197. The first-order chi connectivity index (χ1) is 30.6. The summed E-state index contributed by atoms with van der Waals surface area (Å²) in [6, 6.07) is 2.47. The molecule has 3 saturated heterocycles. The Morgan fingerprint density at radius 1 is 1.09 bits per heavy atom. The number of rotatable bonds is 14. The standard InChI is InChI=1S/C44H59ClN4O14S2/c1-24-11-10-12-32(59-9)44(57)23-31(60-42(56)46-44)26(3)40-43(5,62-40)33(22-37(53)48(7)29-20-28(19-24)21-30(58-8)39(29)45)61-41(55)27(4)47(6)34(50)17-18-64-65-25(2)13-16-38(54)63-49-35(51)14-15-36(49)52/h10-12,20-21,25-27,31-33,40,57H,13-19,22-23H2,1-9H3,(H,46,56)/b12-10-,24-11-. The number of ether oxygens (including phenoxy) is 5. The number of hydrogen-bond donors (Lipinski definition) is 2. The molecule has 9 unspecified atom stereocenters. The van der Waals surface area contributed by atoms with Crippen LogP contribution in [0.15, 0.2) is 35.9 Å². The van der Waals surface area contributed by atoms with Gasteiger partial charge in [-0.3, -0.25) is 24.5 Å². The minimum Gasteiger partial charge on any atom is -0.495 e. The molecule has 0 aliphatic carbocycles. The molecule has 4 heterocycles. The molecule has 0 radical (unpaired) electrons. The van der Waals surface area contributed by atoms with E-state index in [0.717, 1.165) is 11.1 Å². The van der Waals surface area contributed by atoms with Crippen molar-refractivity contribution >= 4 is 80.5 Å². The van der Waals surface area contributed by atoms with Crippen molar-refractivity contribution in [3.8, 4) is 5.75 Å². The van der Waals surface area contributed by atoms with Gasteiger partial charge in [0.1, 0.15) is 40.7 Å². The second-order valence-corrected chi connectivity index (χ2v) is 20.3. The molecule has 5 amide bonds. The maximum Gasteiger partial charge on any atom is 0.409 e. The quantitative estimate of drug-likeness (QED) is 0.0818. The Labute approximate surface area is 391 Å². The smallest absolute Gasteiger partial charge is 0.409 e. The SMILES string of the molecule is COc1cc2cc(c1Cl)N(C)C(=O)CC(OC(=O)C(C)N(C)C(=O)CCSSC(C)CCC(=O)ON1C(=O)CCC1=O)C1(C)OC1C(C)C1CC(O)(NC(=O)O1)C(OC)/C=C\C=C(\C)C2. The molecule has 0 aromatic heterocycles. The summed E-state index contributed by atoms with van der Waals surface area (Å²) in [5, 5.41) is 15.0. The van der Waals surface area contributed by atoms with Crippen LogP contribution < -0.4 is 15.0 Å². The molecule has 358 valence electrons. The van der Waals surface area contributed by atoms with E-state index in [1.165, 1.54) is 59.6 Å². The number of likely N-dealkylation sites (N-methyl/N-ethyl adjacent to an activating group) is 1. The second kappa shape index (κ2) is 22.0. The number of imide groups is 1. The Bertz CT molecular complexity index is 2060. The number of halogens is 1. The van der Waals surface area contributed by atoms with E-state index in [2.05, 4.69) is 5.32 Å². The largest absolute Gasteiger partial charge is 0.495 e. The van der Waals surface area contributed by atoms with Crippen LogP contribution in [0.3, 0.4) is 0 Å². The number of allylic oxidation sites excluding steroid dienone is 3. The number of carbonyl (C=O) groups is 7. The van der Waals surface area contributed by atoms with E-state index in [4.69, 9.17) is 40.1 Å². The second-order valence-electron chi connectivity index (χ2n) is 17.0. The van der Waals surface area contributed by atoms with Crippen molar-refractivity contribution in [1.29, 1.82) is 0 Å². The normalized spacial score (nSPS) is 29.3. The van der Waals surface area contributed by atoms with Crippen LogP contribution in [0.25, 0.3) is 0 Å². The van der Waals surface area contributed by atoms with Crippen molar-refractivity contribution in [3.05, 3.63) is 46.5 Å². The first-order valence-electron chi connectivity index (χ1n) is 21.3. The molecular formula is C44H59ClN4O14S2. The van der Waals surface area contributed by atoms with Crippen LogP contribution in [-0.4, -0.2) is 138 Å². The summed E-state index contributed by atoms with van der Waals surface area (Å²) in [5.41, 5.74) is -1.10. The molecule has 1 aromatic rings. The third-order valence-corrected chi connectivity index (χ3v) is 15.5. The average Bonchev–Trinajstić information content (AvgIpc) is 3.87. The molecule has 5 rings (SSSR count). The number of hydrogen-bond acceptors (Lipinski definition) is 16. The van der Waals surface area contributed by atoms with Crippen molar-refractivity contribution in [2.45, 2.75) is 133 Å². The Morgan fingerprint density at radius 2 is 1.78 bits per heavy atom. The topological polar surface area (TPSA) is 220 Å². The van der Waals surface area contributed by atoms with Crippen molar-refractivity contribution in [2.75, 3.05) is 39.0 Å². The lowest BCUT2D eigenvalue weighted by Gasteiger charge is -2.42. The lowest BCUT2D eigenvalue weighted by Crippen LogP contribution is -2.63. The number of esters is 1. The number of hydroxylamine groups is 2. The number of methoxy groups -OCH3 is 2. The first-order valence-corrected chi connectivity index (χ1v) is 24.1. The third-order valence-electron chi connectivity index (χ3n) is 12.1. The maximum absolute atomic E-state index is 14.3. The van der Waals surface area contributed by atoms with Crippen LogP contribution in [0.2, 0.25) is 5.02 Å². The number of aliphatic hydroxyl groups is 1. The molecule has 0 saturated carbocycles. The zero-order valence-electron chi connectivity index (χ0n) is 38.1. The first kappa shape index (κ1) is 51.6. The van der Waals surface area contributed by atoms with Gasteiger partial charge in [0.2, 0.25) is 11.8 Å². The number of epoxide rings is 1. The molecule has 9 atom stereocenters. The highest BCUT2D eigenvalue weighted by Gasteiger charge is 2.64. The fourth-order valence-corrected chi connectivity index (χ4v) is 10.5. The molecule has 2 N–H and O–H groups in total.